The molecule has 7 aliphatic rings. The maximum atomic E-state index is 5.95. The van der Waals surface area contributed by atoms with Gasteiger partial charge in [-0.1, -0.05) is 133 Å². The quantitative estimate of drug-likeness (QED) is 0.128. The topological polar surface area (TPSA) is 314 Å². The first-order valence-electron chi connectivity index (χ1n) is 48.8. The molecule has 0 N–H and O–H groups in total. The molecule has 0 atom stereocenters. The highest BCUT2D eigenvalue weighted by Gasteiger charge is 2.10. The minimum absolute atomic E-state index is 0.437. The molecule has 7 heterocycles. The Morgan fingerprint density at radius 3 is 0.268 bits per heavy atom. The minimum atomic E-state index is 0.437. The second-order valence-corrected chi connectivity index (χ2v) is 30.0. The number of rotatable bonds is 0. The molecule has 0 fully saturated rings. The van der Waals surface area contributed by atoms with Crippen LogP contribution in [0.15, 0.2) is 158 Å². The molecule has 0 amide bonds. The zero-order chi connectivity index (χ0) is 96.0. The van der Waals surface area contributed by atoms with Crippen molar-refractivity contribution in [1.29, 1.82) is 0 Å². The van der Waals surface area contributed by atoms with Crippen LogP contribution in [0.5, 0.6) is 11.5 Å². The SMILES string of the molecule is C1=CCOCCOCCOCCOCCOCCOCCOCCOCCOCCOCCOCCOCCOCCOCCOCCOCCOc2ccc(cc2)-c2ccc(cc2)-c2ccc(cc2)-c2ccc(cc2)-c2ccc(cc2)-c2ccc(cc2)OCCOCCOCCOCCOCCOCCOCCOCCOCCOCCOCCOCCOCCOCCOCCOCCOC1. The average molecular weight is 1950 g/mol. The largest absolute Gasteiger partial charge is 0.491 e. The van der Waals surface area contributed by atoms with E-state index in [1.807, 2.05) is 36.4 Å². The molecule has 0 aromatic heterocycles. The van der Waals surface area contributed by atoms with Crippen molar-refractivity contribution in [2.24, 2.45) is 0 Å². The molecule has 0 saturated heterocycles. The molecule has 0 unspecified atom stereocenters. The third-order valence-corrected chi connectivity index (χ3v) is 19.7. The number of hydrogen-bond acceptors (Lipinski definition) is 34. The summed E-state index contributed by atoms with van der Waals surface area (Å²) in [6.07, 6.45) is 3.84. The molecule has 0 saturated carbocycles. The molecule has 0 aliphatic carbocycles. The van der Waals surface area contributed by atoms with E-state index in [0.717, 1.165) is 67.1 Å². The Morgan fingerprint density at radius 1 is 0.0870 bits per heavy atom. The normalized spacial score (nSPS) is 20.5. The van der Waals surface area contributed by atoms with Crippen LogP contribution < -0.4 is 9.47 Å². The van der Waals surface area contributed by atoms with Crippen LogP contribution in [-0.4, -0.2) is 436 Å². The molecule has 138 heavy (non-hydrogen) atoms. The minimum Gasteiger partial charge on any atom is -0.491 e. The maximum Gasteiger partial charge on any atom is 0.119 e. The van der Waals surface area contributed by atoms with E-state index in [1.165, 1.54) is 0 Å². The molecule has 13 rings (SSSR count). The molecule has 6 aromatic rings. The van der Waals surface area contributed by atoms with Crippen molar-refractivity contribution in [1.82, 2.24) is 0 Å². The average Bonchev–Trinajstić information content (AvgIpc) is 0.820. The fourth-order valence-corrected chi connectivity index (χ4v) is 12.4. The van der Waals surface area contributed by atoms with Crippen LogP contribution in [0.2, 0.25) is 0 Å². The summed E-state index contributed by atoms with van der Waals surface area (Å²) < 4.78 is 191. The van der Waals surface area contributed by atoms with Crippen LogP contribution >= 0.6 is 0 Å². The lowest BCUT2D eigenvalue weighted by Gasteiger charge is -2.10. The molecule has 0 spiro atoms. The van der Waals surface area contributed by atoms with E-state index in [4.69, 9.17) is 161 Å². The smallest absolute Gasteiger partial charge is 0.119 e. The molecule has 6 aromatic carbocycles. The molecule has 778 valence electrons. The van der Waals surface area contributed by atoms with E-state index in [0.29, 0.717) is 436 Å². The highest BCUT2D eigenvalue weighted by molar-refractivity contribution is 5.76. The van der Waals surface area contributed by atoms with Crippen molar-refractivity contribution in [2.75, 3.05) is 436 Å². The predicted molar refractivity (Wildman–Crippen MR) is 520 cm³/mol. The Kier molecular flexibility index (Phi) is 77.5. The summed E-state index contributed by atoms with van der Waals surface area (Å²) in [4.78, 5) is 0. The maximum absolute atomic E-state index is 5.95. The Morgan fingerprint density at radius 2 is 0.167 bits per heavy atom. The van der Waals surface area contributed by atoms with Gasteiger partial charge in [0.2, 0.25) is 0 Å². The van der Waals surface area contributed by atoms with Gasteiger partial charge in [-0.15, -0.1) is 0 Å². The van der Waals surface area contributed by atoms with Crippen molar-refractivity contribution >= 4 is 0 Å². The van der Waals surface area contributed by atoms with Gasteiger partial charge in [-0.2, -0.15) is 0 Å². The fraction of sp³-hybridized carbons (Fsp3) is 0.635. The summed E-state index contributed by atoms with van der Waals surface area (Å²) in [7, 11) is 0. The van der Waals surface area contributed by atoms with E-state index in [1.54, 1.807) is 0 Å². The van der Waals surface area contributed by atoms with Gasteiger partial charge in [-0.05, 0) is 79.9 Å². The zero-order valence-corrected chi connectivity index (χ0v) is 81.6. The van der Waals surface area contributed by atoms with Gasteiger partial charge in [0, 0.05) is 0 Å². The van der Waals surface area contributed by atoms with Gasteiger partial charge in [0.25, 0.3) is 0 Å². The molecule has 34 heteroatoms. The van der Waals surface area contributed by atoms with E-state index in [-0.39, 0.29) is 0 Å². The fourth-order valence-electron chi connectivity index (χ4n) is 12.4. The van der Waals surface area contributed by atoms with E-state index in [2.05, 4.69) is 121 Å². The van der Waals surface area contributed by atoms with Crippen molar-refractivity contribution in [3.63, 3.8) is 0 Å². The first-order valence-corrected chi connectivity index (χ1v) is 48.8. The highest BCUT2D eigenvalue weighted by atomic mass is 16.6. The van der Waals surface area contributed by atoms with Crippen LogP contribution in [0.3, 0.4) is 0 Å². The summed E-state index contributed by atoms with van der Waals surface area (Å²) in [6, 6.07) is 51.1. The van der Waals surface area contributed by atoms with Gasteiger partial charge in [-0.25, -0.2) is 0 Å². The second-order valence-electron chi connectivity index (χ2n) is 30.0. The van der Waals surface area contributed by atoms with Crippen LogP contribution in [0, 0.1) is 0 Å². The summed E-state index contributed by atoms with van der Waals surface area (Å²) in [5, 5.41) is 0. The summed E-state index contributed by atoms with van der Waals surface area (Å²) in [5.74, 6) is 1.58. The van der Waals surface area contributed by atoms with E-state index < -0.39 is 0 Å². The van der Waals surface area contributed by atoms with Crippen LogP contribution in [-0.2, 0) is 152 Å². The second kappa shape index (κ2) is 90.4. The van der Waals surface area contributed by atoms with Gasteiger partial charge < -0.3 is 161 Å². The third-order valence-electron chi connectivity index (χ3n) is 19.7. The lowest BCUT2D eigenvalue weighted by Crippen LogP contribution is -2.16. The van der Waals surface area contributed by atoms with Gasteiger partial charge in [0.15, 0.2) is 0 Å². The predicted octanol–water partition coefficient (Wildman–Crippen LogP) is 10.9. The number of hydrogen-bond donors (Lipinski definition) is 0. The standard InChI is InChI=1S/C104H158O34/c1-2-28-106-30-32-108-34-36-110-38-40-112-42-44-114-46-48-116-50-52-118-54-56-120-58-60-122-62-64-124-66-68-126-70-72-128-74-76-130-78-80-132-82-84-134-86-88-136-90-92-138-104-25-21-102(22-26-104)100-17-13-98(14-18-100)96-9-5-94(6-10-96)93-3-7-95(8-4-93)97-11-15-99(16-12-97)101-19-23-103(24-20-101)137-91-89-135-87-85-133-83-81-131-79-77-129-75-73-127-71-69-125-67-65-123-63-61-121-59-57-119-55-53-117-51-49-115-47-45-113-43-41-111-39-37-109-35-33-107-31-29-105-27-1/h1-26H,27-92H2. The van der Waals surface area contributed by atoms with Crippen molar-refractivity contribution < 1.29 is 161 Å². The highest BCUT2D eigenvalue weighted by Crippen LogP contribution is 2.32. The summed E-state index contributed by atoms with van der Waals surface area (Å²) >= 11 is 0. The molecule has 34 nitrogen and oxygen atoms in total. The summed E-state index contributed by atoms with van der Waals surface area (Å²) in [6.45, 7) is 31.3. The number of ether oxygens (including phenoxy) is 34. The van der Waals surface area contributed by atoms with Crippen molar-refractivity contribution in [2.45, 2.75) is 0 Å². The lowest BCUT2D eigenvalue weighted by atomic mass is 9.96. The Hall–Kier alpha value is -6.62. The van der Waals surface area contributed by atoms with Crippen LogP contribution in [0.1, 0.15) is 0 Å². The first-order chi connectivity index (χ1) is 68.8. The molecule has 12 bridgehead atoms. The van der Waals surface area contributed by atoms with Crippen LogP contribution in [0.25, 0.3) is 55.6 Å². The first kappa shape index (κ1) is 118. The monoisotopic (exact) mass is 1950 g/mol. The number of benzene rings is 6. The molecule has 0 radical (unpaired) electrons. The zero-order valence-electron chi connectivity index (χ0n) is 81.6. The van der Waals surface area contributed by atoms with Crippen molar-refractivity contribution in [3.05, 3.63) is 158 Å². The Balaban J connectivity index is 0.643. The lowest BCUT2D eigenvalue weighted by molar-refractivity contribution is -0.0304. The molecule has 7 aliphatic heterocycles. The van der Waals surface area contributed by atoms with E-state index >= 15 is 0 Å². The third kappa shape index (κ3) is 67.0. The Bertz CT molecular complexity index is 3380. The van der Waals surface area contributed by atoms with Crippen LogP contribution in [0.4, 0.5) is 0 Å². The van der Waals surface area contributed by atoms with Crippen molar-refractivity contribution in [3.8, 4) is 67.1 Å². The summed E-state index contributed by atoms with van der Waals surface area (Å²) in [5.41, 5.74) is 11.4. The van der Waals surface area contributed by atoms with Gasteiger partial charge in [0.05, 0.1) is 423 Å². The number of fused-ring (bicyclic) bond motifs is 6. The molecular formula is C104H158O34. The van der Waals surface area contributed by atoms with E-state index in [9.17, 15) is 0 Å². The molecular weight excluding hydrogens is 1790 g/mol. The van der Waals surface area contributed by atoms with Gasteiger partial charge in [-0.3, -0.25) is 0 Å². The Labute approximate surface area is 818 Å². The van der Waals surface area contributed by atoms with Gasteiger partial charge in [0.1, 0.15) is 24.7 Å². The van der Waals surface area contributed by atoms with Gasteiger partial charge >= 0.3 is 0 Å².